The summed E-state index contributed by atoms with van der Waals surface area (Å²) in [4.78, 5) is 30.2. The highest BCUT2D eigenvalue weighted by molar-refractivity contribution is 7.99. The minimum Gasteiger partial charge on any atom is -0.369 e. The first-order chi connectivity index (χ1) is 12.6. The zero-order valence-electron chi connectivity index (χ0n) is 14.8. The fourth-order valence-corrected chi connectivity index (χ4v) is 3.60. The molecule has 1 amide bonds. The molecular weight excluding hydrogens is 352 g/mol. The molecule has 9 heteroatoms. The number of aromatic nitrogens is 3. The molecule has 3 rings (SSSR count). The molecule has 0 aliphatic carbocycles. The fraction of sp³-hybridized carbons (Fsp3) is 0.471. The van der Waals surface area contributed by atoms with Gasteiger partial charge in [0.1, 0.15) is 0 Å². The Hall–Kier alpha value is -2.26. The number of nitrogens with one attached hydrogen (secondary N) is 3. The third-order valence-electron chi connectivity index (χ3n) is 4.47. The van der Waals surface area contributed by atoms with Crippen LogP contribution in [0.2, 0.25) is 0 Å². The van der Waals surface area contributed by atoms with Crippen LogP contribution in [-0.2, 0) is 4.79 Å². The number of aromatic amines is 2. The summed E-state index contributed by atoms with van der Waals surface area (Å²) in [5, 5.41) is 9.42. The molecule has 0 spiro atoms. The second kappa shape index (κ2) is 8.91. The van der Waals surface area contributed by atoms with E-state index in [1.807, 2.05) is 6.07 Å². The van der Waals surface area contributed by atoms with Crippen molar-refractivity contribution in [1.29, 1.82) is 0 Å². The van der Waals surface area contributed by atoms with Crippen LogP contribution in [0.25, 0.3) is 0 Å². The van der Waals surface area contributed by atoms with E-state index >= 15 is 0 Å². The van der Waals surface area contributed by atoms with Crippen LogP contribution in [0, 0.1) is 0 Å². The van der Waals surface area contributed by atoms with E-state index < -0.39 is 0 Å². The summed E-state index contributed by atoms with van der Waals surface area (Å²) >= 11 is 1.20. The quantitative estimate of drug-likeness (QED) is 0.610. The molecule has 1 aromatic heterocycles. The maximum Gasteiger partial charge on any atom is 0.341 e. The van der Waals surface area contributed by atoms with Crippen molar-refractivity contribution >= 4 is 23.4 Å². The Morgan fingerprint density at radius 2 is 2.00 bits per heavy atom. The van der Waals surface area contributed by atoms with Gasteiger partial charge in [-0.15, -0.1) is 5.10 Å². The Balaban J connectivity index is 1.36. The highest BCUT2D eigenvalue weighted by atomic mass is 32.2. The van der Waals surface area contributed by atoms with Crippen molar-refractivity contribution in [2.24, 2.45) is 0 Å². The molecule has 26 heavy (non-hydrogen) atoms. The van der Waals surface area contributed by atoms with E-state index in [0.29, 0.717) is 11.7 Å². The number of benzene rings is 1. The Morgan fingerprint density at radius 3 is 2.65 bits per heavy atom. The highest BCUT2D eigenvalue weighted by Gasteiger charge is 2.21. The number of para-hydroxylation sites is 1. The Kier molecular flexibility index (Phi) is 6.35. The first-order valence-corrected chi connectivity index (χ1v) is 9.68. The van der Waals surface area contributed by atoms with Crippen molar-refractivity contribution in [3.63, 3.8) is 0 Å². The molecule has 1 aliphatic heterocycles. The number of piperazine rings is 1. The zero-order valence-corrected chi connectivity index (χ0v) is 15.6. The summed E-state index contributed by atoms with van der Waals surface area (Å²) in [7, 11) is 0. The number of hydrogen-bond donors (Lipinski definition) is 3. The van der Waals surface area contributed by atoms with Gasteiger partial charge in [0.15, 0.2) is 5.16 Å². The van der Waals surface area contributed by atoms with E-state index in [2.05, 4.69) is 61.5 Å². The largest absolute Gasteiger partial charge is 0.369 e. The van der Waals surface area contributed by atoms with Crippen LogP contribution in [-0.4, -0.2) is 70.5 Å². The molecule has 140 valence electrons. The van der Waals surface area contributed by atoms with Gasteiger partial charge in [0, 0.05) is 44.5 Å². The van der Waals surface area contributed by atoms with Gasteiger partial charge in [0.25, 0.3) is 0 Å². The van der Waals surface area contributed by atoms with E-state index in [9.17, 15) is 9.59 Å². The number of hydrogen-bond acceptors (Lipinski definition) is 6. The first kappa shape index (κ1) is 18.5. The molecule has 1 atom stereocenters. The molecule has 1 unspecified atom stereocenters. The maximum absolute atomic E-state index is 12.0. The molecule has 3 N–H and O–H groups in total. The lowest BCUT2D eigenvalue weighted by Crippen LogP contribution is -2.52. The molecule has 8 nitrogen and oxygen atoms in total. The third kappa shape index (κ3) is 5.12. The lowest BCUT2D eigenvalue weighted by molar-refractivity contribution is -0.118. The Labute approximate surface area is 156 Å². The molecule has 1 aliphatic rings. The number of carbonyl (C=O) groups excluding carboxylic acids is 1. The smallest absolute Gasteiger partial charge is 0.341 e. The monoisotopic (exact) mass is 376 g/mol. The summed E-state index contributed by atoms with van der Waals surface area (Å²) < 4.78 is 0. The summed E-state index contributed by atoms with van der Waals surface area (Å²) in [5.41, 5.74) is 0.901. The second-order valence-electron chi connectivity index (χ2n) is 6.28. The van der Waals surface area contributed by atoms with Gasteiger partial charge in [0.05, 0.1) is 5.75 Å². The zero-order chi connectivity index (χ0) is 18.4. The van der Waals surface area contributed by atoms with E-state index in [-0.39, 0.29) is 23.4 Å². The third-order valence-corrected chi connectivity index (χ3v) is 5.35. The molecule has 1 saturated heterocycles. The Morgan fingerprint density at radius 1 is 1.27 bits per heavy atom. The van der Waals surface area contributed by atoms with E-state index in [1.54, 1.807) is 0 Å². The molecule has 0 bridgehead atoms. The van der Waals surface area contributed by atoms with Crippen molar-refractivity contribution in [3.05, 3.63) is 40.8 Å². The molecule has 1 fully saturated rings. The predicted octanol–water partition coefficient (Wildman–Crippen LogP) is 0.517. The summed E-state index contributed by atoms with van der Waals surface area (Å²) in [6, 6.07) is 10.7. The van der Waals surface area contributed by atoms with E-state index in [0.717, 1.165) is 26.2 Å². The minimum absolute atomic E-state index is 0.0615. The summed E-state index contributed by atoms with van der Waals surface area (Å²) in [5.74, 6) is 0.170. The SMILES string of the molecule is CC(CNC(=O)CSc1n[nH]c(=O)[nH]1)N1CCN(c2ccccc2)CC1. The number of anilines is 1. The van der Waals surface area contributed by atoms with Crippen molar-refractivity contribution in [3.8, 4) is 0 Å². The van der Waals surface area contributed by atoms with Gasteiger partial charge in [-0.2, -0.15) is 0 Å². The van der Waals surface area contributed by atoms with E-state index in [1.165, 1.54) is 17.4 Å². The van der Waals surface area contributed by atoms with Crippen molar-refractivity contribution in [2.45, 2.75) is 18.1 Å². The van der Waals surface area contributed by atoms with Gasteiger partial charge in [-0.1, -0.05) is 30.0 Å². The molecule has 0 saturated carbocycles. The number of carbonyl (C=O) groups is 1. The number of rotatable bonds is 7. The number of amides is 1. The topological polar surface area (TPSA) is 97.1 Å². The molecule has 0 radical (unpaired) electrons. The van der Waals surface area contributed by atoms with Crippen LogP contribution in [0.3, 0.4) is 0 Å². The molecular formula is C17H24N6O2S. The second-order valence-corrected chi connectivity index (χ2v) is 7.25. The highest BCUT2D eigenvalue weighted by Crippen LogP contribution is 2.16. The normalized spacial score (nSPS) is 16.4. The van der Waals surface area contributed by atoms with Crippen LogP contribution >= 0.6 is 11.8 Å². The van der Waals surface area contributed by atoms with Crippen LogP contribution in [0.5, 0.6) is 0 Å². The first-order valence-electron chi connectivity index (χ1n) is 8.70. The molecule has 2 heterocycles. The average Bonchev–Trinajstić information content (AvgIpc) is 3.10. The number of H-pyrrole nitrogens is 2. The minimum atomic E-state index is -0.365. The van der Waals surface area contributed by atoms with Crippen LogP contribution in [0.15, 0.2) is 40.3 Å². The van der Waals surface area contributed by atoms with Crippen LogP contribution in [0.1, 0.15) is 6.92 Å². The number of thioether (sulfide) groups is 1. The van der Waals surface area contributed by atoms with Gasteiger partial charge in [-0.3, -0.25) is 14.7 Å². The predicted molar refractivity (Wildman–Crippen MR) is 103 cm³/mol. The van der Waals surface area contributed by atoms with Crippen LogP contribution in [0.4, 0.5) is 5.69 Å². The fourth-order valence-electron chi connectivity index (χ4n) is 2.96. The van der Waals surface area contributed by atoms with Gasteiger partial charge < -0.3 is 10.2 Å². The van der Waals surface area contributed by atoms with Gasteiger partial charge in [-0.25, -0.2) is 9.89 Å². The lowest BCUT2D eigenvalue weighted by Gasteiger charge is -2.39. The van der Waals surface area contributed by atoms with Crippen molar-refractivity contribution < 1.29 is 4.79 Å². The van der Waals surface area contributed by atoms with Gasteiger partial charge in [-0.05, 0) is 19.1 Å². The van der Waals surface area contributed by atoms with Crippen molar-refractivity contribution in [1.82, 2.24) is 25.4 Å². The van der Waals surface area contributed by atoms with Crippen LogP contribution < -0.4 is 15.9 Å². The average molecular weight is 376 g/mol. The molecule has 2 aromatic rings. The summed E-state index contributed by atoms with van der Waals surface area (Å²) in [6.07, 6.45) is 0. The Bertz CT molecular complexity index is 754. The van der Waals surface area contributed by atoms with Gasteiger partial charge >= 0.3 is 5.69 Å². The van der Waals surface area contributed by atoms with E-state index in [4.69, 9.17) is 0 Å². The number of nitrogens with zero attached hydrogens (tertiary/aromatic N) is 3. The lowest BCUT2D eigenvalue weighted by atomic mass is 10.2. The standard InChI is InChI=1S/C17H24N6O2S/c1-13(11-18-15(24)12-26-17-19-16(25)20-21-17)22-7-9-23(10-8-22)14-5-3-2-4-6-14/h2-6,13H,7-12H2,1H3,(H,18,24)(H2,19,20,21,25). The molecule has 1 aromatic carbocycles. The maximum atomic E-state index is 12.0. The van der Waals surface area contributed by atoms with Gasteiger partial charge in [0.2, 0.25) is 5.91 Å². The van der Waals surface area contributed by atoms with Crippen molar-refractivity contribution in [2.75, 3.05) is 43.4 Å². The summed E-state index contributed by atoms with van der Waals surface area (Å²) in [6.45, 7) is 6.69.